The van der Waals surface area contributed by atoms with Crippen molar-refractivity contribution in [2.45, 2.75) is 97.5 Å². The van der Waals surface area contributed by atoms with Crippen molar-refractivity contribution < 1.29 is 23.4 Å². The number of ether oxygens (including phenoxy) is 4. The Balaban J connectivity index is 2.65. The molecular weight excluding hydrogens is 312 g/mol. The van der Waals surface area contributed by atoms with Gasteiger partial charge in [-0.3, -0.25) is 4.74 Å². The summed E-state index contributed by atoms with van der Waals surface area (Å²) in [6.07, 6.45) is 2.87. The van der Waals surface area contributed by atoms with Gasteiger partial charge in [0.05, 0.1) is 25.4 Å². The quantitative estimate of drug-likeness (QED) is 0.436. The molecule has 0 aromatic heterocycles. The minimum absolute atomic E-state index is 0.00386. The SMILES string of the molecule is CCC(OC(CC)C(C)O[Si](C)(C)C)OC1(CC)OCCCO1. The van der Waals surface area contributed by atoms with E-state index in [0.29, 0.717) is 19.6 Å². The molecule has 5 nitrogen and oxygen atoms in total. The molecule has 3 atom stereocenters. The van der Waals surface area contributed by atoms with Gasteiger partial charge in [0.25, 0.3) is 5.97 Å². The molecular formula is C17H36O5Si. The fourth-order valence-corrected chi connectivity index (χ4v) is 3.95. The first-order valence-corrected chi connectivity index (χ1v) is 12.4. The van der Waals surface area contributed by atoms with Crippen LogP contribution in [-0.2, 0) is 23.4 Å². The molecule has 1 heterocycles. The van der Waals surface area contributed by atoms with E-state index in [1.807, 2.05) is 13.8 Å². The van der Waals surface area contributed by atoms with Crippen LogP contribution in [0.4, 0.5) is 0 Å². The van der Waals surface area contributed by atoms with Crippen LogP contribution in [0.5, 0.6) is 0 Å². The molecule has 23 heavy (non-hydrogen) atoms. The van der Waals surface area contributed by atoms with E-state index in [-0.39, 0.29) is 18.5 Å². The largest absolute Gasteiger partial charge is 0.412 e. The van der Waals surface area contributed by atoms with Gasteiger partial charge in [-0.25, -0.2) is 0 Å². The summed E-state index contributed by atoms with van der Waals surface area (Å²) in [5.74, 6) is -0.958. The molecule has 6 heteroatoms. The molecule has 1 saturated heterocycles. The number of hydrogen-bond donors (Lipinski definition) is 0. The molecule has 3 unspecified atom stereocenters. The summed E-state index contributed by atoms with van der Waals surface area (Å²) in [7, 11) is -1.59. The second-order valence-electron chi connectivity index (χ2n) is 7.06. The highest BCUT2D eigenvalue weighted by molar-refractivity contribution is 6.69. The van der Waals surface area contributed by atoms with Crippen LogP contribution in [-0.4, -0.2) is 46.0 Å². The minimum Gasteiger partial charge on any atom is -0.412 e. The highest BCUT2D eigenvalue weighted by Crippen LogP contribution is 2.28. The Bertz CT molecular complexity index is 325. The van der Waals surface area contributed by atoms with Crippen LogP contribution < -0.4 is 0 Å². The number of hydrogen-bond acceptors (Lipinski definition) is 5. The van der Waals surface area contributed by atoms with Crippen LogP contribution in [0.25, 0.3) is 0 Å². The Hall–Kier alpha value is 0.0169. The minimum atomic E-state index is -1.59. The maximum absolute atomic E-state index is 6.20. The third kappa shape index (κ3) is 7.19. The molecule has 0 bridgehead atoms. The first-order valence-electron chi connectivity index (χ1n) is 9.04. The monoisotopic (exact) mass is 348 g/mol. The zero-order chi connectivity index (χ0) is 17.5. The highest BCUT2D eigenvalue weighted by atomic mass is 28.4. The molecule has 1 aliphatic heterocycles. The van der Waals surface area contributed by atoms with E-state index in [1.165, 1.54) is 0 Å². The molecule has 0 aromatic rings. The first-order chi connectivity index (χ1) is 10.7. The Labute approximate surface area is 143 Å². The summed E-state index contributed by atoms with van der Waals surface area (Å²) in [6, 6.07) is 0. The highest BCUT2D eigenvalue weighted by Gasteiger charge is 2.38. The Morgan fingerprint density at radius 1 is 1.04 bits per heavy atom. The predicted molar refractivity (Wildman–Crippen MR) is 93.8 cm³/mol. The van der Waals surface area contributed by atoms with E-state index in [1.54, 1.807) is 0 Å². The fraction of sp³-hybridized carbons (Fsp3) is 1.00. The van der Waals surface area contributed by atoms with Gasteiger partial charge < -0.3 is 18.6 Å². The lowest BCUT2D eigenvalue weighted by Crippen LogP contribution is -2.47. The topological polar surface area (TPSA) is 46.2 Å². The van der Waals surface area contributed by atoms with Crippen molar-refractivity contribution in [2.75, 3.05) is 13.2 Å². The Kier molecular flexibility index (Phi) is 8.69. The van der Waals surface area contributed by atoms with E-state index in [0.717, 1.165) is 19.3 Å². The van der Waals surface area contributed by atoms with Crippen LogP contribution in [0.15, 0.2) is 0 Å². The molecule has 0 spiro atoms. The summed E-state index contributed by atoms with van der Waals surface area (Å²) < 4.78 is 30.0. The van der Waals surface area contributed by atoms with E-state index >= 15 is 0 Å². The third-order valence-electron chi connectivity index (χ3n) is 3.80. The van der Waals surface area contributed by atoms with Gasteiger partial charge in [-0.15, -0.1) is 0 Å². The molecule has 0 saturated carbocycles. The van der Waals surface area contributed by atoms with Crippen molar-refractivity contribution >= 4 is 8.32 Å². The summed E-state index contributed by atoms with van der Waals surface area (Å²) in [4.78, 5) is 0. The molecule has 1 aliphatic rings. The second-order valence-corrected chi connectivity index (χ2v) is 11.5. The van der Waals surface area contributed by atoms with Gasteiger partial charge in [0.1, 0.15) is 0 Å². The zero-order valence-electron chi connectivity index (χ0n) is 16.0. The van der Waals surface area contributed by atoms with E-state index in [4.69, 9.17) is 23.4 Å². The normalized spacial score (nSPS) is 22.6. The lowest BCUT2D eigenvalue weighted by Gasteiger charge is -2.39. The van der Waals surface area contributed by atoms with E-state index < -0.39 is 14.3 Å². The average Bonchev–Trinajstić information content (AvgIpc) is 2.50. The van der Waals surface area contributed by atoms with Gasteiger partial charge in [-0.2, -0.15) is 0 Å². The number of rotatable bonds is 10. The zero-order valence-corrected chi connectivity index (χ0v) is 17.0. The van der Waals surface area contributed by atoms with Crippen LogP contribution in [0, 0.1) is 0 Å². The lowest BCUT2D eigenvalue weighted by molar-refractivity contribution is -0.438. The molecule has 0 N–H and O–H groups in total. The predicted octanol–water partition coefficient (Wildman–Crippen LogP) is 4.28. The summed E-state index contributed by atoms with van der Waals surface area (Å²) in [5.41, 5.74) is 0. The van der Waals surface area contributed by atoms with E-state index in [9.17, 15) is 0 Å². The van der Waals surface area contributed by atoms with Crippen LogP contribution in [0.1, 0.15) is 53.4 Å². The van der Waals surface area contributed by atoms with Crippen LogP contribution in [0.3, 0.4) is 0 Å². The van der Waals surface area contributed by atoms with Crippen molar-refractivity contribution in [1.82, 2.24) is 0 Å². The van der Waals surface area contributed by atoms with Gasteiger partial charge in [-0.1, -0.05) is 20.8 Å². The van der Waals surface area contributed by atoms with Crippen molar-refractivity contribution in [3.05, 3.63) is 0 Å². The van der Waals surface area contributed by atoms with Crippen molar-refractivity contribution in [2.24, 2.45) is 0 Å². The van der Waals surface area contributed by atoms with Gasteiger partial charge in [0.15, 0.2) is 14.6 Å². The average molecular weight is 349 g/mol. The van der Waals surface area contributed by atoms with Gasteiger partial charge in [-0.05, 0) is 45.8 Å². The van der Waals surface area contributed by atoms with Gasteiger partial charge >= 0.3 is 0 Å². The van der Waals surface area contributed by atoms with Crippen molar-refractivity contribution in [3.8, 4) is 0 Å². The molecule has 0 amide bonds. The fourth-order valence-electron chi connectivity index (χ4n) is 2.69. The smallest absolute Gasteiger partial charge is 0.284 e. The van der Waals surface area contributed by atoms with Gasteiger partial charge in [0.2, 0.25) is 0 Å². The molecule has 0 aliphatic carbocycles. The summed E-state index contributed by atoms with van der Waals surface area (Å²) >= 11 is 0. The van der Waals surface area contributed by atoms with Crippen LogP contribution >= 0.6 is 0 Å². The van der Waals surface area contributed by atoms with Gasteiger partial charge in [0, 0.05) is 6.42 Å². The van der Waals surface area contributed by atoms with Crippen LogP contribution in [0.2, 0.25) is 19.6 Å². The summed E-state index contributed by atoms with van der Waals surface area (Å²) in [6.45, 7) is 16.2. The maximum Gasteiger partial charge on any atom is 0.284 e. The maximum atomic E-state index is 6.20. The summed E-state index contributed by atoms with van der Waals surface area (Å²) in [5, 5.41) is 0. The molecule has 138 valence electrons. The first kappa shape index (κ1) is 21.1. The van der Waals surface area contributed by atoms with Crippen molar-refractivity contribution in [1.29, 1.82) is 0 Å². The Morgan fingerprint density at radius 2 is 1.65 bits per heavy atom. The Morgan fingerprint density at radius 3 is 2.09 bits per heavy atom. The third-order valence-corrected chi connectivity index (χ3v) is 4.88. The molecule has 0 aromatic carbocycles. The second kappa shape index (κ2) is 9.49. The molecule has 1 rings (SSSR count). The lowest BCUT2D eigenvalue weighted by atomic mass is 10.2. The molecule has 0 radical (unpaired) electrons. The van der Waals surface area contributed by atoms with E-state index in [2.05, 4.69) is 33.5 Å². The molecule has 1 fully saturated rings. The standard InChI is InChI=1S/C17H36O5Si/c1-8-15(14(4)22-23(5,6)7)20-16(9-2)21-17(10-3)18-12-11-13-19-17/h14-16H,8-13H2,1-7H3. The van der Waals surface area contributed by atoms with Crippen molar-refractivity contribution in [3.63, 3.8) is 0 Å².